The number of amides is 1. The van der Waals surface area contributed by atoms with Crippen LogP contribution in [0.25, 0.3) is 0 Å². The summed E-state index contributed by atoms with van der Waals surface area (Å²) in [4.78, 5) is 23.3. The van der Waals surface area contributed by atoms with Gasteiger partial charge in [-0.1, -0.05) is 5.16 Å². The molecule has 0 saturated carbocycles. The quantitative estimate of drug-likeness (QED) is 0.818. The summed E-state index contributed by atoms with van der Waals surface area (Å²) in [5.74, 6) is 1.28. The molecule has 122 valence electrons. The highest BCUT2D eigenvalue weighted by molar-refractivity contribution is 7.99. The van der Waals surface area contributed by atoms with Gasteiger partial charge in [-0.3, -0.25) is 4.79 Å². The molecule has 0 radical (unpaired) electrons. The number of rotatable bonds is 6. The first-order chi connectivity index (χ1) is 11.0. The predicted molar refractivity (Wildman–Crippen MR) is 88.6 cm³/mol. The van der Waals surface area contributed by atoms with Crippen molar-refractivity contribution >= 4 is 29.3 Å². The Hall–Kier alpha value is -2.28. The van der Waals surface area contributed by atoms with Crippen LogP contribution in [0.2, 0.25) is 0 Å². The number of nitrogens with zero attached hydrogens (tertiary/aromatic N) is 1. The first kappa shape index (κ1) is 17.1. The zero-order valence-corrected chi connectivity index (χ0v) is 14.0. The van der Waals surface area contributed by atoms with E-state index in [1.807, 2.05) is 13.8 Å². The minimum atomic E-state index is -0.405. The van der Waals surface area contributed by atoms with Crippen molar-refractivity contribution in [2.75, 3.05) is 18.2 Å². The van der Waals surface area contributed by atoms with Gasteiger partial charge < -0.3 is 14.6 Å². The van der Waals surface area contributed by atoms with Gasteiger partial charge in [0.05, 0.1) is 24.1 Å². The van der Waals surface area contributed by atoms with Gasteiger partial charge in [-0.05, 0) is 38.1 Å². The fraction of sp³-hybridized carbons (Fsp3) is 0.312. The molecule has 2 aromatic rings. The van der Waals surface area contributed by atoms with E-state index in [0.717, 1.165) is 17.0 Å². The normalized spacial score (nSPS) is 10.4. The Kier molecular flexibility index (Phi) is 5.81. The lowest BCUT2D eigenvalue weighted by Crippen LogP contribution is -2.14. The van der Waals surface area contributed by atoms with Gasteiger partial charge in [-0.2, -0.15) is 0 Å². The number of hydrogen-bond donors (Lipinski definition) is 1. The Balaban J connectivity index is 1.82. The molecule has 1 aromatic heterocycles. The van der Waals surface area contributed by atoms with Crippen LogP contribution in [0.15, 0.2) is 28.8 Å². The van der Waals surface area contributed by atoms with Crippen LogP contribution in [0.5, 0.6) is 0 Å². The number of methoxy groups -OCH3 is 1. The average molecular weight is 334 g/mol. The number of aryl methyl sites for hydroxylation is 2. The van der Waals surface area contributed by atoms with Gasteiger partial charge in [0.15, 0.2) is 0 Å². The lowest BCUT2D eigenvalue weighted by Gasteiger charge is -2.06. The van der Waals surface area contributed by atoms with Gasteiger partial charge in [-0.25, -0.2) is 4.79 Å². The molecule has 0 aliphatic carbocycles. The highest BCUT2D eigenvalue weighted by Crippen LogP contribution is 2.19. The zero-order chi connectivity index (χ0) is 16.8. The van der Waals surface area contributed by atoms with Crippen molar-refractivity contribution in [2.45, 2.75) is 19.6 Å². The number of carbonyl (C=O) groups is 2. The van der Waals surface area contributed by atoms with Crippen molar-refractivity contribution in [2.24, 2.45) is 0 Å². The SMILES string of the molecule is COC(=O)c1ccc(NC(=O)CSCc2c(C)noc2C)cc1. The van der Waals surface area contributed by atoms with Crippen molar-refractivity contribution in [3.05, 3.63) is 46.8 Å². The van der Waals surface area contributed by atoms with Crippen LogP contribution in [-0.4, -0.2) is 29.9 Å². The Bertz CT molecular complexity index is 675. The number of carbonyl (C=O) groups excluding carboxylic acids is 2. The molecule has 1 heterocycles. The number of aromatic nitrogens is 1. The van der Waals surface area contributed by atoms with Crippen molar-refractivity contribution in [1.29, 1.82) is 0 Å². The van der Waals surface area contributed by atoms with E-state index in [1.165, 1.54) is 18.9 Å². The molecule has 2 rings (SSSR count). The second-order valence-electron chi connectivity index (χ2n) is 4.91. The Morgan fingerprint density at radius 1 is 1.26 bits per heavy atom. The number of nitrogens with one attached hydrogen (secondary N) is 1. The number of anilines is 1. The number of benzene rings is 1. The summed E-state index contributed by atoms with van der Waals surface area (Å²) in [6.07, 6.45) is 0. The van der Waals surface area contributed by atoms with Gasteiger partial charge in [0.1, 0.15) is 5.76 Å². The topological polar surface area (TPSA) is 81.4 Å². The maximum absolute atomic E-state index is 11.9. The van der Waals surface area contributed by atoms with E-state index in [9.17, 15) is 9.59 Å². The third-order valence-corrected chi connectivity index (χ3v) is 4.21. The maximum atomic E-state index is 11.9. The molecule has 0 aliphatic rings. The molecule has 0 saturated heterocycles. The summed E-state index contributed by atoms with van der Waals surface area (Å²) in [7, 11) is 1.33. The molecule has 6 nitrogen and oxygen atoms in total. The van der Waals surface area contributed by atoms with Crippen LogP contribution in [0.1, 0.15) is 27.4 Å². The van der Waals surface area contributed by atoms with Gasteiger partial charge in [0.25, 0.3) is 0 Å². The van der Waals surface area contributed by atoms with E-state index in [4.69, 9.17) is 4.52 Å². The Morgan fingerprint density at radius 3 is 2.52 bits per heavy atom. The van der Waals surface area contributed by atoms with E-state index in [2.05, 4.69) is 15.2 Å². The molecule has 1 aromatic carbocycles. The maximum Gasteiger partial charge on any atom is 0.337 e. The smallest absolute Gasteiger partial charge is 0.337 e. The predicted octanol–water partition coefficient (Wildman–Crippen LogP) is 2.95. The van der Waals surface area contributed by atoms with Crippen LogP contribution in [0, 0.1) is 13.8 Å². The molecule has 23 heavy (non-hydrogen) atoms. The second-order valence-corrected chi connectivity index (χ2v) is 5.90. The second kappa shape index (κ2) is 7.82. The first-order valence-electron chi connectivity index (χ1n) is 6.99. The summed E-state index contributed by atoms with van der Waals surface area (Å²) in [6, 6.07) is 6.56. The fourth-order valence-electron chi connectivity index (χ4n) is 1.96. The highest BCUT2D eigenvalue weighted by atomic mass is 32.2. The zero-order valence-electron chi connectivity index (χ0n) is 13.2. The molecule has 0 fully saturated rings. The minimum Gasteiger partial charge on any atom is -0.465 e. The summed E-state index contributed by atoms with van der Waals surface area (Å²) >= 11 is 1.49. The van der Waals surface area contributed by atoms with Crippen molar-refractivity contribution in [3.8, 4) is 0 Å². The fourth-order valence-corrected chi connectivity index (χ4v) is 2.93. The third-order valence-electron chi connectivity index (χ3n) is 3.25. The third kappa shape index (κ3) is 4.59. The molecule has 7 heteroatoms. The van der Waals surface area contributed by atoms with Gasteiger partial charge >= 0.3 is 5.97 Å². The molecule has 0 bridgehead atoms. The van der Waals surface area contributed by atoms with Crippen LogP contribution in [0.3, 0.4) is 0 Å². The van der Waals surface area contributed by atoms with E-state index in [1.54, 1.807) is 24.3 Å². The number of hydrogen-bond acceptors (Lipinski definition) is 6. The standard InChI is InChI=1S/C16H18N2O4S/c1-10-14(11(2)22-18-10)8-23-9-15(19)17-13-6-4-12(5-7-13)16(20)21-3/h4-7H,8-9H2,1-3H3,(H,17,19). The molecule has 1 N–H and O–H groups in total. The van der Waals surface area contributed by atoms with Gasteiger partial charge in [-0.15, -0.1) is 11.8 Å². The van der Waals surface area contributed by atoms with Crippen molar-refractivity contribution in [1.82, 2.24) is 5.16 Å². The largest absolute Gasteiger partial charge is 0.465 e. The van der Waals surface area contributed by atoms with Crippen LogP contribution >= 0.6 is 11.8 Å². The molecule has 0 atom stereocenters. The van der Waals surface area contributed by atoms with Crippen LogP contribution in [0.4, 0.5) is 5.69 Å². The van der Waals surface area contributed by atoms with Crippen LogP contribution in [-0.2, 0) is 15.3 Å². The monoisotopic (exact) mass is 334 g/mol. The van der Waals surface area contributed by atoms with E-state index in [0.29, 0.717) is 22.8 Å². The Morgan fingerprint density at radius 2 is 1.96 bits per heavy atom. The molecular weight excluding hydrogens is 316 g/mol. The summed E-state index contributed by atoms with van der Waals surface area (Å²) in [5.41, 5.74) is 2.97. The summed E-state index contributed by atoms with van der Waals surface area (Å²) in [6.45, 7) is 3.74. The first-order valence-corrected chi connectivity index (χ1v) is 8.14. The van der Waals surface area contributed by atoms with Crippen LogP contribution < -0.4 is 5.32 Å². The van der Waals surface area contributed by atoms with Crippen molar-refractivity contribution < 1.29 is 18.8 Å². The molecule has 0 spiro atoms. The van der Waals surface area contributed by atoms with Crippen molar-refractivity contribution in [3.63, 3.8) is 0 Å². The van der Waals surface area contributed by atoms with E-state index >= 15 is 0 Å². The summed E-state index contributed by atoms with van der Waals surface area (Å²) < 4.78 is 9.71. The van der Waals surface area contributed by atoms with E-state index in [-0.39, 0.29) is 5.91 Å². The van der Waals surface area contributed by atoms with Gasteiger partial charge in [0, 0.05) is 17.0 Å². The molecule has 0 unspecified atom stereocenters. The average Bonchev–Trinajstić information content (AvgIpc) is 2.86. The lowest BCUT2D eigenvalue weighted by atomic mass is 10.2. The summed E-state index contributed by atoms with van der Waals surface area (Å²) in [5, 5.41) is 6.67. The number of ether oxygens (including phenoxy) is 1. The number of esters is 1. The molecule has 0 aliphatic heterocycles. The molecule has 1 amide bonds. The lowest BCUT2D eigenvalue weighted by molar-refractivity contribution is -0.113. The van der Waals surface area contributed by atoms with Gasteiger partial charge in [0.2, 0.25) is 5.91 Å². The number of thioether (sulfide) groups is 1. The Labute approximate surface area is 138 Å². The highest BCUT2D eigenvalue weighted by Gasteiger charge is 2.10. The minimum absolute atomic E-state index is 0.104. The van der Waals surface area contributed by atoms with E-state index < -0.39 is 5.97 Å². The molecular formula is C16H18N2O4S.